The molecule has 1 fully saturated rings. The van der Waals surface area contributed by atoms with Gasteiger partial charge in [0.05, 0.1) is 17.4 Å². The average Bonchev–Trinajstić information content (AvgIpc) is 2.43. The first-order valence-corrected chi connectivity index (χ1v) is 8.12. The molecule has 9 atom stereocenters. The zero-order chi connectivity index (χ0) is 13.7. The molecule has 0 spiro atoms. The van der Waals surface area contributed by atoms with Gasteiger partial charge in [-0.3, -0.25) is 9.13 Å². The van der Waals surface area contributed by atoms with Crippen LogP contribution in [0.5, 0.6) is 0 Å². The standard InChI is InChI=1S/C7H15O6P5/c1-10-3-2(11-14)4(12-15)7(18-9)5(13-16)6(3)17-8/h2-7H,14-16H2,1H3/t2-,3?,4?,5-,6?,7-/m1/s1. The van der Waals surface area contributed by atoms with Crippen LogP contribution in [-0.2, 0) is 27.4 Å². The van der Waals surface area contributed by atoms with Crippen molar-refractivity contribution in [1.29, 1.82) is 0 Å². The molecule has 6 nitrogen and oxygen atoms in total. The van der Waals surface area contributed by atoms with Gasteiger partial charge in [-0.15, -0.1) is 0 Å². The van der Waals surface area contributed by atoms with Gasteiger partial charge < -0.3 is 18.3 Å². The molecule has 11 heteroatoms. The molecule has 18 heavy (non-hydrogen) atoms. The topological polar surface area (TPSA) is 71.1 Å². The van der Waals surface area contributed by atoms with Gasteiger partial charge in [-0.05, 0) is 0 Å². The van der Waals surface area contributed by atoms with Gasteiger partial charge >= 0.3 is 0 Å². The van der Waals surface area contributed by atoms with Gasteiger partial charge in [0.25, 0.3) is 0 Å². The molecule has 0 heterocycles. The summed E-state index contributed by atoms with van der Waals surface area (Å²) in [5.74, 6) is 0. The SMILES string of the molecule is COC1C(P=O)[C@@H](OP)[C@H](P=O)C(OP)[C@@H]1OP. The molecule has 104 valence electrons. The van der Waals surface area contributed by atoms with Crippen LogP contribution in [0.1, 0.15) is 0 Å². The first kappa shape index (κ1) is 17.4. The van der Waals surface area contributed by atoms with Gasteiger partial charge in [0.2, 0.25) is 0 Å². The van der Waals surface area contributed by atoms with E-state index in [1.807, 2.05) is 0 Å². The van der Waals surface area contributed by atoms with E-state index in [0.717, 1.165) is 0 Å². The zero-order valence-corrected chi connectivity index (χ0v) is 14.8. The molecular weight excluding hydrogens is 335 g/mol. The van der Waals surface area contributed by atoms with Crippen LogP contribution in [0, 0.1) is 0 Å². The molecule has 0 aromatic heterocycles. The van der Waals surface area contributed by atoms with E-state index in [0.29, 0.717) is 0 Å². The molecule has 0 aliphatic heterocycles. The van der Waals surface area contributed by atoms with Crippen molar-refractivity contribution in [3.63, 3.8) is 0 Å². The number of hydrogen-bond donors (Lipinski definition) is 0. The lowest BCUT2D eigenvalue weighted by molar-refractivity contribution is -0.0872. The van der Waals surface area contributed by atoms with Crippen LogP contribution < -0.4 is 0 Å². The van der Waals surface area contributed by atoms with Crippen molar-refractivity contribution in [2.24, 2.45) is 0 Å². The molecule has 1 saturated carbocycles. The molecule has 0 saturated heterocycles. The monoisotopic (exact) mass is 350 g/mol. The highest BCUT2D eigenvalue weighted by molar-refractivity contribution is 7.26. The summed E-state index contributed by atoms with van der Waals surface area (Å²) in [4.78, 5) is 0. The van der Waals surface area contributed by atoms with Gasteiger partial charge in [0, 0.05) is 35.5 Å². The smallest absolute Gasteiger partial charge is 0.164 e. The molecule has 1 aliphatic carbocycles. The lowest BCUT2D eigenvalue weighted by Gasteiger charge is -2.44. The Bertz CT molecular complexity index is 269. The van der Waals surface area contributed by atoms with Crippen molar-refractivity contribution in [1.82, 2.24) is 0 Å². The predicted octanol–water partition coefficient (Wildman–Crippen LogP) is 1.86. The Balaban J connectivity index is 3.14. The molecule has 0 aromatic carbocycles. The Morgan fingerprint density at radius 3 is 1.56 bits per heavy atom. The Morgan fingerprint density at radius 2 is 1.22 bits per heavy atom. The third-order valence-corrected chi connectivity index (χ3v) is 5.59. The fourth-order valence-electron chi connectivity index (χ4n) is 2.14. The van der Waals surface area contributed by atoms with Crippen LogP contribution in [0.3, 0.4) is 0 Å². The van der Waals surface area contributed by atoms with Crippen molar-refractivity contribution in [2.75, 3.05) is 7.11 Å². The van der Waals surface area contributed by atoms with E-state index >= 15 is 0 Å². The Hall–Kier alpha value is 1.33. The fraction of sp³-hybridized carbons (Fsp3) is 1.00. The lowest BCUT2D eigenvalue weighted by atomic mass is 9.88. The maximum atomic E-state index is 11.3. The largest absolute Gasteiger partial charge is 0.377 e. The van der Waals surface area contributed by atoms with Crippen molar-refractivity contribution in [3.8, 4) is 0 Å². The van der Waals surface area contributed by atoms with Crippen molar-refractivity contribution in [3.05, 3.63) is 0 Å². The van der Waals surface area contributed by atoms with Gasteiger partial charge in [-0.2, -0.15) is 0 Å². The highest BCUT2D eigenvalue weighted by atomic mass is 31.1. The molecule has 1 rings (SSSR count). The van der Waals surface area contributed by atoms with E-state index in [-0.39, 0.29) is 16.9 Å². The minimum absolute atomic E-state index is 0.152. The van der Waals surface area contributed by atoms with E-state index < -0.39 is 35.7 Å². The second-order valence-electron chi connectivity index (χ2n) is 3.69. The maximum absolute atomic E-state index is 11.3. The second kappa shape index (κ2) is 8.58. The Labute approximate surface area is 116 Å². The molecule has 0 bridgehead atoms. The summed E-state index contributed by atoms with van der Waals surface area (Å²) in [6.07, 6.45) is -2.05. The second-order valence-corrected chi connectivity index (χ2v) is 6.13. The summed E-state index contributed by atoms with van der Waals surface area (Å²) < 4.78 is 43.7. The normalized spacial score (nSPS) is 41.3. The summed E-state index contributed by atoms with van der Waals surface area (Å²) in [5.41, 5.74) is -0.982. The van der Waals surface area contributed by atoms with E-state index in [1.165, 1.54) is 7.11 Å². The van der Waals surface area contributed by atoms with Gasteiger partial charge in [-0.1, -0.05) is 0 Å². The minimum atomic E-state index is -0.541. The molecule has 0 radical (unpaired) electrons. The van der Waals surface area contributed by atoms with Crippen LogP contribution in [0.15, 0.2) is 0 Å². The molecule has 0 aromatic rings. The zero-order valence-electron chi connectivity index (χ0n) is 9.54. The van der Waals surface area contributed by atoms with E-state index in [1.54, 1.807) is 0 Å². The van der Waals surface area contributed by atoms with Crippen LogP contribution in [-0.4, -0.2) is 42.8 Å². The van der Waals surface area contributed by atoms with Gasteiger partial charge in [-0.25, -0.2) is 0 Å². The summed E-state index contributed by atoms with van der Waals surface area (Å²) >= 11 is 0. The lowest BCUT2D eigenvalue weighted by Crippen LogP contribution is -2.61. The van der Waals surface area contributed by atoms with Crippen molar-refractivity contribution < 1.29 is 27.4 Å². The number of hydrogen-bond acceptors (Lipinski definition) is 6. The maximum Gasteiger partial charge on any atom is 0.164 e. The first-order chi connectivity index (χ1) is 8.69. The highest BCUT2D eigenvalue weighted by Gasteiger charge is 2.53. The fourth-order valence-corrected chi connectivity index (χ4v) is 5.17. The number of methoxy groups -OCH3 is 1. The molecule has 1 aliphatic rings. The summed E-state index contributed by atoms with van der Waals surface area (Å²) in [6.45, 7) is 0. The first-order valence-electron chi connectivity index (χ1n) is 4.94. The van der Waals surface area contributed by atoms with Crippen LogP contribution in [0.25, 0.3) is 0 Å². The summed E-state index contributed by atoms with van der Waals surface area (Å²) in [6, 6.07) is 0. The van der Waals surface area contributed by atoms with E-state index in [2.05, 4.69) is 28.4 Å². The number of rotatable bonds is 6. The molecular formula is C7H15O6P5. The number of ether oxygens (including phenoxy) is 1. The van der Waals surface area contributed by atoms with E-state index in [4.69, 9.17) is 18.3 Å². The van der Waals surface area contributed by atoms with Crippen LogP contribution >= 0.6 is 45.3 Å². The van der Waals surface area contributed by atoms with Crippen LogP contribution in [0.2, 0.25) is 0 Å². The van der Waals surface area contributed by atoms with Crippen molar-refractivity contribution in [2.45, 2.75) is 35.7 Å². The quantitative estimate of drug-likeness (QED) is 0.681. The summed E-state index contributed by atoms with van der Waals surface area (Å²) in [5, 5.41) is 0. The van der Waals surface area contributed by atoms with E-state index in [9.17, 15) is 9.13 Å². The third-order valence-electron chi connectivity index (χ3n) is 2.98. The highest BCUT2D eigenvalue weighted by Crippen LogP contribution is 2.41. The molecule has 0 N–H and O–H groups in total. The van der Waals surface area contributed by atoms with Crippen molar-refractivity contribution >= 4 is 45.3 Å². The Morgan fingerprint density at radius 1 is 0.778 bits per heavy atom. The predicted molar refractivity (Wildman–Crippen MR) is 77.3 cm³/mol. The van der Waals surface area contributed by atoms with Crippen LogP contribution in [0.4, 0.5) is 0 Å². The average molecular weight is 350 g/mol. The minimum Gasteiger partial charge on any atom is -0.377 e. The third kappa shape index (κ3) is 3.32. The summed E-state index contributed by atoms with van der Waals surface area (Å²) in [7, 11) is 7.54. The molecule has 6 unspecified atom stereocenters. The van der Waals surface area contributed by atoms with Gasteiger partial charge in [0.15, 0.2) is 16.9 Å². The molecule has 0 amide bonds. The van der Waals surface area contributed by atoms with Gasteiger partial charge in [0.1, 0.15) is 18.3 Å². The Kier molecular flexibility index (Phi) is 8.29.